The van der Waals surface area contributed by atoms with Gasteiger partial charge in [-0.15, -0.1) is 0 Å². The molecule has 0 saturated heterocycles. The molecule has 3 rings (SSSR count). The largest absolute Gasteiger partial charge is 0.497 e. The first-order valence-corrected chi connectivity index (χ1v) is 10.2. The van der Waals surface area contributed by atoms with E-state index < -0.39 is 11.0 Å². The van der Waals surface area contributed by atoms with E-state index in [9.17, 15) is 9.47 Å². The van der Waals surface area contributed by atoms with Gasteiger partial charge in [-0.05, 0) is 29.8 Å². The summed E-state index contributed by atoms with van der Waals surface area (Å²) >= 11 is 0. The summed E-state index contributed by atoms with van der Waals surface area (Å²) in [5, 5.41) is 10.6. The number of ether oxygens (including phenoxy) is 1. The van der Waals surface area contributed by atoms with Gasteiger partial charge in [0.2, 0.25) is 0 Å². The molecule has 1 N–H and O–H groups in total. The van der Waals surface area contributed by atoms with Crippen molar-refractivity contribution in [1.29, 1.82) is 5.26 Å². The lowest BCUT2D eigenvalue weighted by Crippen LogP contribution is -2.05. The molecule has 0 aliphatic rings. The molecule has 1 unspecified atom stereocenters. The van der Waals surface area contributed by atoms with Crippen LogP contribution in [0.5, 0.6) is 5.75 Å². The highest BCUT2D eigenvalue weighted by Gasteiger charge is 2.17. The third kappa shape index (κ3) is 4.15. The SMILES string of the molecule is CC.CCS(=O)Nc1ccc(-c2c(C#N)c3ccc(OC)cc3n2C)cc1. The Labute approximate surface area is 163 Å². The Balaban J connectivity index is 0.00000126. The van der Waals surface area contributed by atoms with Gasteiger partial charge in [0.05, 0.1) is 23.9 Å². The molecule has 6 heteroatoms. The quantitative estimate of drug-likeness (QED) is 0.685. The smallest absolute Gasteiger partial charge is 0.120 e. The number of rotatable bonds is 5. The van der Waals surface area contributed by atoms with Crippen LogP contribution in [0.15, 0.2) is 42.5 Å². The van der Waals surface area contributed by atoms with E-state index in [0.29, 0.717) is 11.3 Å². The van der Waals surface area contributed by atoms with Crippen LogP contribution in [0.1, 0.15) is 26.3 Å². The van der Waals surface area contributed by atoms with Gasteiger partial charge < -0.3 is 14.0 Å². The van der Waals surface area contributed by atoms with Crippen LogP contribution in [-0.4, -0.2) is 21.6 Å². The van der Waals surface area contributed by atoms with Gasteiger partial charge in [0, 0.05) is 29.9 Å². The van der Waals surface area contributed by atoms with Gasteiger partial charge >= 0.3 is 0 Å². The van der Waals surface area contributed by atoms with Crippen molar-refractivity contribution < 1.29 is 8.95 Å². The summed E-state index contributed by atoms with van der Waals surface area (Å²) in [5.41, 5.74) is 4.16. The van der Waals surface area contributed by atoms with E-state index in [-0.39, 0.29) is 0 Å². The number of methoxy groups -OCH3 is 1. The molecule has 1 atom stereocenters. The normalized spacial score (nSPS) is 11.3. The zero-order valence-corrected chi connectivity index (χ0v) is 17.2. The Bertz CT molecular complexity index is 985. The zero-order chi connectivity index (χ0) is 20.0. The molecular formula is C21H25N3O2S. The fraction of sp³-hybridized carbons (Fsp3) is 0.286. The van der Waals surface area contributed by atoms with Crippen molar-refractivity contribution in [3.63, 3.8) is 0 Å². The van der Waals surface area contributed by atoms with E-state index in [1.54, 1.807) is 7.11 Å². The molecule has 0 aliphatic carbocycles. The second-order valence-corrected chi connectivity index (χ2v) is 7.06. The van der Waals surface area contributed by atoms with E-state index in [1.165, 1.54) is 0 Å². The Morgan fingerprint density at radius 1 is 1.19 bits per heavy atom. The lowest BCUT2D eigenvalue weighted by molar-refractivity contribution is 0.415. The number of nitrogens with one attached hydrogen (secondary N) is 1. The van der Waals surface area contributed by atoms with Crippen LogP contribution >= 0.6 is 0 Å². The van der Waals surface area contributed by atoms with Crippen LogP contribution in [0.4, 0.5) is 5.69 Å². The number of nitrogens with zero attached hydrogens (tertiary/aromatic N) is 2. The van der Waals surface area contributed by atoms with Crippen molar-refractivity contribution in [2.75, 3.05) is 17.6 Å². The van der Waals surface area contributed by atoms with Gasteiger partial charge in [0.15, 0.2) is 0 Å². The third-order valence-electron chi connectivity index (χ3n) is 4.17. The van der Waals surface area contributed by atoms with Gasteiger partial charge in [-0.1, -0.05) is 32.9 Å². The average molecular weight is 384 g/mol. The van der Waals surface area contributed by atoms with Crippen LogP contribution in [0.2, 0.25) is 0 Å². The molecule has 5 nitrogen and oxygen atoms in total. The molecule has 142 valence electrons. The molecule has 1 aromatic heterocycles. The van der Waals surface area contributed by atoms with E-state index in [1.807, 2.05) is 74.9 Å². The van der Waals surface area contributed by atoms with Crippen molar-refractivity contribution in [2.45, 2.75) is 20.8 Å². The zero-order valence-electron chi connectivity index (χ0n) is 16.4. The Hall–Kier alpha value is -2.78. The maximum Gasteiger partial charge on any atom is 0.120 e. The second kappa shape index (κ2) is 9.24. The molecular weight excluding hydrogens is 358 g/mol. The molecule has 3 aromatic rings. The minimum atomic E-state index is -1.08. The number of aryl methyl sites for hydroxylation is 1. The maximum atomic E-state index is 11.6. The number of anilines is 1. The van der Waals surface area contributed by atoms with Crippen LogP contribution in [0, 0.1) is 11.3 Å². The number of fused-ring (bicyclic) bond motifs is 1. The van der Waals surface area contributed by atoms with Crippen LogP contribution in [0.3, 0.4) is 0 Å². The summed E-state index contributed by atoms with van der Waals surface area (Å²) in [4.78, 5) is 0. The summed E-state index contributed by atoms with van der Waals surface area (Å²) in [6.07, 6.45) is 0. The van der Waals surface area contributed by atoms with Gasteiger partial charge in [-0.25, -0.2) is 4.21 Å². The number of nitriles is 1. The van der Waals surface area contributed by atoms with Gasteiger partial charge in [0.1, 0.15) is 22.8 Å². The molecule has 0 amide bonds. The molecule has 1 heterocycles. The number of hydrogen-bond donors (Lipinski definition) is 1. The predicted octanol–water partition coefficient (Wildman–Crippen LogP) is 4.85. The number of hydrogen-bond acceptors (Lipinski definition) is 3. The highest BCUT2D eigenvalue weighted by atomic mass is 32.2. The van der Waals surface area contributed by atoms with Crippen molar-refractivity contribution >= 4 is 27.6 Å². The summed E-state index contributed by atoms with van der Waals surface area (Å²) < 4.78 is 21.8. The third-order valence-corrected chi connectivity index (χ3v) is 5.16. The van der Waals surface area contributed by atoms with Crippen molar-refractivity contribution in [3.8, 4) is 23.1 Å². The topological polar surface area (TPSA) is 67.1 Å². The Morgan fingerprint density at radius 2 is 1.85 bits per heavy atom. The fourth-order valence-corrected chi connectivity index (χ4v) is 3.44. The molecule has 27 heavy (non-hydrogen) atoms. The van der Waals surface area contributed by atoms with Crippen LogP contribution in [-0.2, 0) is 18.0 Å². The summed E-state index contributed by atoms with van der Waals surface area (Å²) in [7, 11) is 2.49. The van der Waals surface area contributed by atoms with Crippen molar-refractivity contribution in [3.05, 3.63) is 48.0 Å². The van der Waals surface area contributed by atoms with Gasteiger partial charge in [0.25, 0.3) is 0 Å². The highest BCUT2D eigenvalue weighted by molar-refractivity contribution is 7.86. The van der Waals surface area contributed by atoms with E-state index in [0.717, 1.165) is 33.6 Å². The summed E-state index contributed by atoms with van der Waals surface area (Å²) in [5.74, 6) is 1.30. The highest BCUT2D eigenvalue weighted by Crippen LogP contribution is 2.34. The first-order chi connectivity index (χ1) is 13.1. The van der Waals surface area contributed by atoms with Crippen LogP contribution < -0.4 is 9.46 Å². The van der Waals surface area contributed by atoms with Crippen LogP contribution in [0.25, 0.3) is 22.2 Å². The van der Waals surface area contributed by atoms with Gasteiger partial charge in [-0.3, -0.25) is 0 Å². The standard InChI is InChI=1S/C19H19N3O2S.C2H6/c1-4-25(23)21-14-7-5-13(6-8-14)19-17(12-20)16-10-9-15(24-3)11-18(16)22(19)2;1-2/h5-11,21H,4H2,1-3H3;1-2H3. The first kappa shape index (κ1) is 20.5. The van der Waals surface area contributed by atoms with Crippen molar-refractivity contribution in [2.24, 2.45) is 7.05 Å². The Kier molecular flexibility index (Phi) is 7.03. The number of benzene rings is 2. The second-order valence-electron chi connectivity index (χ2n) is 5.59. The minimum Gasteiger partial charge on any atom is -0.497 e. The molecule has 2 aromatic carbocycles. The Morgan fingerprint density at radius 3 is 2.41 bits per heavy atom. The molecule has 0 aliphatic heterocycles. The fourth-order valence-electron chi connectivity index (χ4n) is 2.89. The maximum absolute atomic E-state index is 11.6. The number of aromatic nitrogens is 1. The van der Waals surface area contributed by atoms with Gasteiger partial charge in [-0.2, -0.15) is 5.26 Å². The van der Waals surface area contributed by atoms with Crippen molar-refractivity contribution in [1.82, 2.24) is 4.57 Å². The molecule has 0 radical (unpaired) electrons. The first-order valence-electron chi connectivity index (χ1n) is 8.91. The van der Waals surface area contributed by atoms with E-state index in [2.05, 4.69) is 10.8 Å². The lowest BCUT2D eigenvalue weighted by atomic mass is 10.1. The monoisotopic (exact) mass is 383 g/mol. The predicted molar refractivity (Wildman–Crippen MR) is 113 cm³/mol. The minimum absolute atomic E-state index is 0.547. The molecule has 0 spiro atoms. The lowest BCUT2D eigenvalue weighted by Gasteiger charge is -2.08. The molecule has 0 saturated carbocycles. The summed E-state index contributed by atoms with van der Waals surface area (Å²) in [6.45, 7) is 5.86. The van der Waals surface area contributed by atoms with E-state index in [4.69, 9.17) is 4.74 Å². The summed E-state index contributed by atoms with van der Waals surface area (Å²) in [6, 6.07) is 15.6. The molecule has 0 fully saturated rings. The van der Waals surface area contributed by atoms with E-state index >= 15 is 0 Å². The average Bonchev–Trinajstić information content (AvgIpc) is 3.01. The molecule has 0 bridgehead atoms.